The van der Waals surface area contributed by atoms with E-state index in [0.29, 0.717) is 5.78 Å². The first kappa shape index (κ1) is 9.27. The highest BCUT2D eigenvalue weighted by molar-refractivity contribution is 5.98. The third-order valence-corrected chi connectivity index (χ3v) is 3.57. The summed E-state index contributed by atoms with van der Waals surface area (Å²) in [6.07, 6.45) is 5.27. The molecule has 5 rings (SSSR count). The minimum absolute atomic E-state index is 0.549. The van der Waals surface area contributed by atoms with Gasteiger partial charge in [-0.1, -0.05) is 0 Å². The Kier molecular flexibility index (Phi) is 1.46. The van der Waals surface area contributed by atoms with Gasteiger partial charge in [0.05, 0.1) is 11.6 Å². The monoisotopic (exact) mass is 250 g/mol. The molecule has 0 atom stereocenters. The molecule has 1 aliphatic rings. The number of hydrogen-bond donors (Lipinski definition) is 0. The van der Waals surface area contributed by atoms with Crippen molar-refractivity contribution in [2.45, 2.75) is 6.54 Å². The summed E-state index contributed by atoms with van der Waals surface area (Å²) < 4.78 is 13.7. The lowest BCUT2D eigenvalue weighted by atomic mass is 10.2. The zero-order chi connectivity index (χ0) is 12.4. The van der Waals surface area contributed by atoms with E-state index in [4.69, 9.17) is 8.83 Å². The van der Waals surface area contributed by atoms with Crippen molar-refractivity contribution in [2.75, 3.05) is 0 Å². The van der Waals surface area contributed by atoms with E-state index in [2.05, 4.69) is 14.5 Å². The van der Waals surface area contributed by atoms with E-state index in [0.717, 1.165) is 40.2 Å². The zero-order valence-corrected chi connectivity index (χ0v) is 9.83. The van der Waals surface area contributed by atoms with Crippen molar-refractivity contribution in [3.05, 3.63) is 42.5 Å². The van der Waals surface area contributed by atoms with Crippen LogP contribution in [0.15, 0.2) is 45.6 Å². The molecule has 4 aromatic heterocycles. The molecular weight excluding hydrogens is 242 g/mol. The maximum Gasteiger partial charge on any atom is 0.386 e. The molecule has 0 radical (unpaired) electrons. The van der Waals surface area contributed by atoms with Crippen LogP contribution in [0.1, 0.15) is 5.69 Å². The van der Waals surface area contributed by atoms with Gasteiger partial charge in [0, 0.05) is 12.4 Å². The molecule has 5 heterocycles. The summed E-state index contributed by atoms with van der Waals surface area (Å²) in [4.78, 5) is 8.46. The van der Waals surface area contributed by atoms with Gasteiger partial charge in [0.1, 0.15) is 11.3 Å². The molecule has 0 spiro atoms. The lowest BCUT2D eigenvalue weighted by Crippen LogP contribution is -2.30. The molecule has 4 aromatic rings. The van der Waals surface area contributed by atoms with Crippen molar-refractivity contribution in [1.29, 1.82) is 0 Å². The number of pyridine rings is 2. The van der Waals surface area contributed by atoms with Crippen LogP contribution in [0.25, 0.3) is 33.7 Å². The highest BCUT2D eigenvalue weighted by Crippen LogP contribution is 2.34. The van der Waals surface area contributed by atoms with E-state index in [1.807, 2.05) is 18.2 Å². The van der Waals surface area contributed by atoms with E-state index in [-0.39, 0.29) is 0 Å². The lowest BCUT2D eigenvalue weighted by molar-refractivity contribution is -0.649. The van der Waals surface area contributed by atoms with Gasteiger partial charge < -0.3 is 8.83 Å². The van der Waals surface area contributed by atoms with Gasteiger partial charge in [-0.15, -0.1) is 4.57 Å². The number of nitrogens with zero attached hydrogens (tertiary/aromatic N) is 3. The predicted molar refractivity (Wildman–Crippen MR) is 66.3 cm³/mol. The summed E-state index contributed by atoms with van der Waals surface area (Å²) in [6, 6.07) is 5.88. The molecule has 90 valence electrons. The molecule has 0 amide bonds. The Bertz CT molecular complexity index is 952. The van der Waals surface area contributed by atoms with E-state index in [9.17, 15) is 0 Å². The minimum atomic E-state index is 0.549. The lowest BCUT2D eigenvalue weighted by Gasteiger charge is -1.87. The van der Waals surface area contributed by atoms with E-state index < -0.39 is 0 Å². The van der Waals surface area contributed by atoms with Gasteiger partial charge in [-0.2, -0.15) is 0 Å². The molecule has 0 N–H and O–H groups in total. The first-order valence-electron chi connectivity index (χ1n) is 6.05. The second-order valence-corrected chi connectivity index (χ2v) is 4.60. The first-order chi connectivity index (χ1) is 9.42. The molecule has 0 unspecified atom stereocenters. The van der Waals surface area contributed by atoms with E-state index in [1.54, 1.807) is 18.6 Å². The van der Waals surface area contributed by atoms with Gasteiger partial charge in [-0.05, 0) is 18.2 Å². The third kappa shape index (κ3) is 1.03. The van der Waals surface area contributed by atoms with E-state index in [1.165, 1.54) is 0 Å². The van der Waals surface area contributed by atoms with Crippen LogP contribution in [0.2, 0.25) is 0 Å². The average molecular weight is 250 g/mol. The van der Waals surface area contributed by atoms with Gasteiger partial charge in [0.15, 0.2) is 12.1 Å². The summed E-state index contributed by atoms with van der Waals surface area (Å²) in [5.41, 5.74) is 3.79. The summed E-state index contributed by atoms with van der Waals surface area (Å²) in [5, 5.41) is 1.02. The van der Waals surface area contributed by atoms with Crippen molar-refractivity contribution in [3.63, 3.8) is 0 Å². The largest absolute Gasteiger partial charge is 0.418 e. The van der Waals surface area contributed by atoms with Gasteiger partial charge in [0.25, 0.3) is 0 Å². The number of aromatic nitrogens is 3. The molecule has 0 bridgehead atoms. The quantitative estimate of drug-likeness (QED) is 0.396. The van der Waals surface area contributed by atoms with Crippen molar-refractivity contribution in [1.82, 2.24) is 9.97 Å². The highest BCUT2D eigenvalue weighted by atomic mass is 16.5. The van der Waals surface area contributed by atoms with Crippen molar-refractivity contribution >= 4 is 22.3 Å². The van der Waals surface area contributed by atoms with Gasteiger partial charge >= 0.3 is 17.2 Å². The van der Waals surface area contributed by atoms with Crippen LogP contribution in [-0.2, 0) is 6.54 Å². The summed E-state index contributed by atoms with van der Waals surface area (Å²) >= 11 is 0. The Hall–Kier alpha value is -2.69. The Balaban J connectivity index is 1.94. The smallest absolute Gasteiger partial charge is 0.386 e. The fourth-order valence-electron chi connectivity index (χ4n) is 2.74. The van der Waals surface area contributed by atoms with Crippen LogP contribution in [-0.4, -0.2) is 9.97 Å². The van der Waals surface area contributed by atoms with Crippen LogP contribution in [0.5, 0.6) is 0 Å². The SMILES string of the molecule is c1cnc2c(c1)-c1oc3oc4cnccc4c3[n+]1C2. The van der Waals surface area contributed by atoms with E-state index >= 15 is 0 Å². The first-order valence-corrected chi connectivity index (χ1v) is 6.05. The zero-order valence-electron chi connectivity index (χ0n) is 9.83. The predicted octanol–water partition coefficient (Wildman–Crippen LogP) is 2.29. The molecule has 0 aromatic carbocycles. The Morgan fingerprint density at radius 3 is 3.16 bits per heavy atom. The van der Waals surface area contributed by atoms with Crippen LogP contribution in [0, 0.1) is 0 Å². The van der Waals surface area contributed by atoms with Gasteiger partial charge in [-0.25, -0.2) is 0 Å². The molecule has 0 aliphatic carbocycles. The minimum Gasteiger partial charge on any atom is -0.418 e. The number of rotatable bonds is 0. The molecule has 5 nitrogen and oxygen atoms in total. The Morgan fingerprint density at radius 1 is 1.16 bits per heavy atom. The van der Waals surface area contributed by atoms with Crippen molar-refractivity contribution < 1.29 is 13.4 Å². The summed E-state index contributed by atoms with van der Waals surface area (Å²) in [7, 11) is 0. The van der Waals surface area contributed by atoms with Gasteiger partial charge in [-0.3, -0.25) is 9.97 Å². The van der Waals surface area contributed by atoms with Crippen molar-refractivity contribution in [3.8, 4) is 11.5 Å². The van der Waals surface area contributed by atoms with Crippen LogP contribution in [0.3, 0.4) is 0 Å². The van der Waals surface area contributed by atoms with Crippen molar-refractivity contribution in [2.24, 2.45) is 0 Å². The Labute approximate surface area is 107 Å². The number of hydrogen-bond acceptors (Lipinski definition) is 4. The third-order valence-electron chi connectivity index (χ3n) is 3.57. The normalized spacial score (nSPS) is 13.1. The van der Waals surface area contributed by atoms with Crippen LogP contribution >= 0.6 is 0 Å². The highest BCUT2D eigenvalue weighted by Gasteiger charge is 2.37. The molecule has 19 heavy (non-hydrogen) atoms. The van der Waals surface area contributed by atoms with Crippen LogP contribution < -0.4 is 4.57 Å². The summed E-state index contributed by atoms with van der Waals surface area (Å²) in [5.74, 6) is 1.36. The standard InChI is InChI=1S/C14H8N3O2/c1-2-8-10(16-4-1)7-17-12-9-3-5-15-6-11(9)18-14(12)19-13(8)17/h1-6H,7H2/q+1. The Morgan fingerprint density at radius 2 is 2.16 bits per heavy atom. The second-order valence-electron chi connectivity index (χ2n) is 4.60. The average Bonchev–Trinajstić information content (AvgIpc) is 3.05. The van der Waals surface area contributed by atoms with Crippen LogP contribution in [0.4, 0.5) is 0 Å². The molecule has 0 saturated carbocycles. The molecule has 1 aliphatic heterocycles. The number of fused-ring (bicyclic) bond motifs is 7. The molecule has 0 saturated heterocycles. The number of furan rings is 1. The summed E-state index contributed by atoms with van der Waals surface area (Å²) in [6.45, 7) is 0.718. The fraction of sp³-hybridized carbons (Fsp3) is 0.0714. The second kappa shape index (κ2) is 3.00. The molecule has 0 fully saturated rings. The molecular formula is C14H8N3O2+. The fourth-order valence-corrected chi connectivity index (χ4v) is 2.74. The van der Waals surface area contributed by atoms with Gasteiger partial charge in [0.2, 0.25) is 0 Å². The topological polar surface area (TPSA) is 55.9 Å². The molecule has 5 heteroatoms. The number of oxazole rings is 1. The maximum absolute atomic E-state index is 5.85. The maximum atomic E-state index is 5.85.